The van der Waals surface area contributed by atoms with Gasteiger partial charge in [-0.25, -0.2) is 0 Å². The van der Waals surface area contributed by atoms with Crippen LogP contribution in [0.3, 0.4) is 0 Å². The van der Waals surface area contributed by atoms with E-state index in [0.29, 0.717) is 0 Å². The van der Waals surface area contributed by atoms with E-state index in [4.69, 9.17) is 9.47 Å². The Morgan fingerprint density at radius 2 is 1.71 bits per heavy atom. The second kappa shape index (κ2) is 7.40. The molecule has 1 fully saturated rings. The summed E-state index contributed by atoms with van der Waals surface area (Å²) in [4.78, 5) is 2.55. The van der Waals surface area contributed by atoms with Crippen LogP contribution in [0.1, 0.15) is 26.7 Å². The summed E-state index contributed by atoms with van der Waals surface area (Å²) in [6.07, 6.45) is 4.01. The second-order valence-electron chi connectivity index (χ2n) is 3.68. The molecule has 1 aliphatic rings. The van der Waals surface area contributed by atoms with Gasteiger partial charge in [-0.3, -0.25) is 0 Å². The summed E-state index contributed by atoms with van der Waals surface area (Å²) in [5, 5.41) is 0. The molecule has 0 bridgehead atoms. The molecular formula is C10H23NO2Si. The van der Waals surface area contributed by atoms with Crippen LogP contribution < -0.4 is 0 Å². The summed E-state index contributed by atoms with van der Waals surface area (Å²) >= 11 is 0. The van der Waals surface area contributed by atoms with Crippen molar-refractivity contribution in [1.29, 1.82) is 0 Å². The highest BCUT2D eigenvalue weighted by molar-refractivity contribution is 6.36. The summed E-state index contributed by atoms with van der Waals surface area (Å²) in [6, 6.07) is 0. The molecule has 1 aliphatic heterocycles. The van der Waals surface area contributed by atoms with Gasteiger partial charge in [0.2, 0.25) is 0 Å². The Bertz CT molecular complexity index is 134. The molecule has 1 saturated heterocycles. The van der Waals surface area contributed by atoms with Crippen LogP contribution in [0.25, 0.3) is 0 Å². The molecule has 0 spiro atoms. The summed E-state index contributed by atoms with van der Waals surface area (Å²) in [6.45, 7) is 8.21. The van der Waals surface area contributed by atoms with Gasteiger partial charge in [0.25, 0.3) is 0 Å². The van der Waals surface area contributed by atoms with Crippen LogP contribution in [0.2, 0.25) is 0 Å². The van der Waals surface area contributed by atoms with E-state index < -0.39 is 0 Å². The number of hydrogen-bond donors (Lipinski definition) is 0. The number of ether oxygens (including phenoxy) is 2. The van der Waals surface area contributed by atoms with Crippen molar-refractivity contribution in [3.05, 3.63) is 0 Å². The molecule has 1 heterocycles. The van der Waals surface area contributed by atoms with E-state index in [-0.39, 0.29) is 15.4 Å². The number of likely N-dealkylation sites (tertiary alicyclic amines) is 1. The smallest absolute Gasteiger partial charge is 0.136 e. The van der Waals surface area contributed by atoms with Gasteiger partial charge in [-0.05, 0) is 45.9 Å². The van der Waals surface area contributed by atoms with Crippen molar-refractivity contribution >= 4 is 9.52 Å². The zero-order chi connectivity index (χ0) is 10.2. The molecule has 0 aliphatic carbocycles. The van der Waals surface area contributed by atoms with Gasteiger partial charge in [0.05, 0.1) is 0 Å². The molecule has 0 N–H and O–H groups in total. The van der Waals surface area contributed by atoms with Crippen molar-refractivity contribution in [3.63, 3.8) is 0 Å². The van der Waals surface area contributed by atoms with E-state index in [2.05, 4.69) is 4.90 Å². The molecule has 4 heteroatoms. The maximum Gasteiger partial charge on any atom is 0.136 e. The fourth-order valence-corrected chi connectivity index (χ4v) is 3.71. The average Bonchev–Trinajstić information content (AvgIpc) is 2.67. The topological polar surface area (TPSA) is 21.7 Å². The first-order valence-corrected chi connectivity index (χ1v) is 7.64. The molecule has 14 heavy (non-hydrogen) atoms. The zero-order valence-corrected chi connectivity index (χ0v) is 10.9. The predicted molar refractivity (Wildman–Crippen MR) is 61.3 cm³/mol. The van der Waals surface area contributed by atoms with Gasteiger partial charge in [-0.2, -0.15) is 0 Å². The van der Waals surface area contributed by atoms with Crippen LogP contribution in [-0.2, 0) is 9.47 Å². The molecule has 3 nitrogen and oxygen atoms in total. The maximum absolute atomic E-state index is 5.56. The average molecular weight is 217 g/mol. The summed E-state index contributed by atoms with van der Waals surface area (Å²) in [5.41, 5.74) is 0. The Kier molecular flexibility index (Phi) is 6.43. The van der Waals surface area contributed by atoms with Crippen LogP contribution in [-0.4, -0.2) is 52.8 Å². The molecule has 0 unspecified atom stereocenters. The van der Waals surface area contributed by atoms with Crippen molar-refractivity contribution in [2.24, 2.45) is 0 Å². The van der Waals surface area contributed by atoms with Gasteiger partial charge in [0.1, 0.15) is 15.4 Å². The van der Waals surface area contributed by atoms with Gasteiger partial charge >= 0.3 is 0 Å². The van der Waals surface area contributed by atoms with Crippen molar-refractivity contribution < 1.29 is 9.47 Å². The number of nitrogens with zero attached hydrogens (tertiary/aromatic N) is 1. The predicted octanol–water partition coefficient (Wildman–Crippen LogP) is 0.565. The Morgan fingerprint density at radius 1 is 1.14 bits per heavy atom. The lowest BCUT2D eigenvalue weighted by Crippen LogP contribution is -2.34. The first-order valence-electron chi connectivity index (χ1n) is 5.82. The SMILES string of the molecule is CCOC(OCC)[SiH2]CN1CCCC1. The Balaban J connectivity index is 2.10. The van der Waals surface area contributed by atoms with Gasteiger partial charge in [0, 0.05) is 13.2 Å². The highest BCUT2D eigenvalue weighted by Gasteiger charge is 2.15. The molecule has 0 aromatic heterocycles. The third-order valence-electron chi connectivity index (χ3n) is 2.58. The van der Waals surface area contributed by atoms with Crippen LogP contribution in [0.5, 0.6) is 0 Å². The third kappa shape index (κ3) is 4.55. The highest BCUT2D eigenvalue weighted by Crippen LogP contribution is 2.06. The molecule has 0 saturated carbocycles. The first kappa shape index (κ1) is 12.2. The Morgan fingerprint density at radius 3 is 2.21 bits per heavy atom. The fourth-order valence-electron chi connectivity index (χ4n) is 1.88. The Hall–Kier alpha value is 0.0969. The van der Waals surface area contributed by atoms with Crippen molar-refractivity contribution in [3.8, 4) is 0 Å². The molecule has 0 aromatic rings. The lowest BCUT2D eigenvalue weighted by Gasteiger charge is -2.20. The third-order valence-corrected chi connectivity index (χ3v) is 4.42. The monoisotopic (exact) mass is 217 g/mol. The van der Waals surface area contributed by atoms with Crippen LogP contribution in [0.15, 0.2) is 0 Å². The Labute approximate surface area is 89.6 Å². The van der Waals surface area contributed by atoms with E-state index in [1.165, 1.54) is 32.1 Å². The summed E-state index contributed by atoms with van der Waals surface area (Å²) < 4.78 is 11.1. The van der Waals surface area contributed by atoms with Crippen LogP contribution in [0, 0.1) is 0 Å². The quantitative estimate of drug-likeness (QED) is 0.459. The van der Waals surface area contributed by atoms with E-state index in [0.717, 1.165) is 13.2 Å². The number of hydrogen-bond acceptors (Lipinski definition) is 3. The highest BCUT2D eigenvalue weighted by atomic mass is 28.2. The standard InChI is InChI=1S/C10H23NO2Si/c1-3-12-10(13-4-2)14-9-11-7-5-6-8-11/h10H,3-9,14H2,1-2H3. The minimum absolute atomic E-state index is 0.144. The van der Waals surface area contributed by atoms with Gasteiger partial charge < -0.3 is 14.4 Å². The van der Waals surface area contributed by atoms with E-state index in [1.54, 1.807) is 0 Å². The summed E-state index contributed by atoms with van der Waals surface area (Å²) in [7, 11) is -0.245. The zero-order valence-electron chi connectivity index (χ0n) is 9.50. The van der Waals surface area contributed by atoms with E-state index >= 15 is 0 Å². The molecule has 0 atom stereocenters. The summed E-state index contributed by atoms with van der Waals surface area (Å²) in [5.74, 6) is 0.144. The molecule has 1 rings (SSSR count). The van der Waals surface area contributed by atoms with E-state index in [9.17, 15) is 0 Å². The lowest BCUT2D eigenvalue weighted by atomic mass is 10.4. The lowest BCUT2D eigenvalue weighted by molar-refractivity contribution is -0.0832. The van der Waals surface area contributed by atoms with Crippen molar-refractivity contribution in [2.75, 3.05) is 32.5 Å². The molecule has 0 radical (unpaired) electrons. The van der Waals surface area contributed by atoms with Gasteiger partial charge in [-0.1, -0.05) is 0 Å². The van der Waals surface area contributed by atoms with Crippen molar-refractivity contribution in [1.82, 2.24) is 4.90 Å². The van der Waals surface area contributed by atoms with Crippen LogP contribution >= 0.6 is 0 Å². The van der Waals surface area contributed by atoms with Crippen molar-refractivity contribution in [2.45, 2.75) is 32.6 Å². The second-order valence-corrected chi connectivity index (χ2v) is 5.37. The maximum atomic E-state index is 5.56. The van der Waals surface area contributed by atoms with Gasteiger partial charge in [0.15, 0.2) is 0 Å². The molecular weight excluding hydrogens is 194 g/mol. The molecule has 0 amide bonds. The largest absolute Gasteiger partial charge is 0.357 e. The van der Waals surface area contributed by atoms with Crippen LogP contribution in [0.4, 0.5) is 0 Å². The minimum Gasteiger partial charge on any atom is -0.357 e. The molecule has 84 valence electrons. The first-order chi connectivity index (χ1) is 6.86. The van der Waals surface area contributed by atoms with Gasteiger partial charge in [-0.15, -0.1) is 0 Å². The van der Waals surface area contributed by atoms with E-state index in [1.807, 2.05) is 13.8 Å². The minimum atomic E-state index is -0.245. The normalized spacial score (nSPS) is 19.1. The fraction of sp³-hybridized carbons (Fsp3) is 1.00. The molecule has 0 aromatic carbocycles. The number of rotatable bonds is 7.